The third kappa shape index (κ3) is 4.38. The summed E-state index contributed by atoms with van der Waals surface area (Å²) in [6.45, 7) is 1.63. The zero-order chi connectivity index (χ0) is 16.3. The molecule has 1 N–H and O–H groups in total. The van der Waals surface area contributed by atoms with Crippen molar-refractivity contribution in [3.8, 4) is 5.75 Å². The number of ether oxygens (including phenoxy) is 1. The van der Waals surface area contributed by atoms with Crippen LogP contribution < -0.4 is 10.1 Å². The minimum Gasteiger partial charge on any atom is -0.405 e. The van der Waals surface area contributed by atoms with Crippen LogP contribution in [0.5, 0.6) is 5.75 Å². The van der Waals surface area contributed by atoms with Crippen molar-refractivity contribution in [2.45, 2.75) is 19.8 Å². The van der Waals surface area contributed by atoms with E-state index in [9.17, 15) is 13.2 Å². The Kier molecular flexibility index (Phi) is 4.97. The predicted octanol–water partition coefficient (Wildman–Crippen LogP) is 4.60. The fourth-order valence-corrected chi connectivity index (χ4v) is 2.32. The Labute approximate surface area is 134 Å². The molecule has 1 aromatic carbocycles. The zero-order valence-corrected chi connectivity index (χ0v) is 12.7. The zero-order valence-electron chi connectivity index (χ0n) is 11.2. The van der Waals surface area contributed by atoms with Crippen LogP contribution in [0.15, 0.2) is 24.3 Å². The van der Waals surface area contributed by atoms with Crippen LogP contribution in [0.1, 0.15) is 11.4 Å². The fourth-order valence-electron chi connectivity index (χ4n) is 1.71. The second-order valence-corrected chi connectivity index (χ2v) is 4.95. The Morgan fingerprint density at radius 3 is 2.32 bits per heavy atom. The van der Waals surface area contributed by atoms with E-state index >= 15 is 0 Å². The van der Waals surface area contributed by atoms with Gasteiger partial charge in [0.25, 0.3) is 0 Å². The highest BCUT2D eigenvalue weighted by Crippen LogP contribution is 2.30. The lowest BCUT2D eigenvalue weighted by atomic mass is 10.2. The van der Waals surface area contributed by atoms with Gasteiger partial charge in [0.2, 0.25) is 0 Å². The number of benzene rings is 1. The standard InChI is InChI=1S/C13H10Cl2F3N3O/c1-7-20-11(14)10(12(15)21-7)19-6-8-4-2-3-5-9(8)22-13(16,17)18/h2-5,19H,6H2,1H3. The molecule has 0 radical (unpaired) electrons. The molecule has 22 heavy (non-hydrogen) atoms. The van der Waals surface area contributed by atoms with Crippen LogP contribution in [0.4, 0.5) is 18.9 Å². The van der Waals surface area contributed by atoms with Crippen molar-refractivity contribution < 1.29 is 17.9 Å². The first-order valence-corrected chi connectivity index (χ1v) is 6.79. The smallest absolute Gasteiger partial charge is 0.405 e. The number of hydrogen-bond acceptors (Lipinski definition) is 4. The number of para-hydroxylation sites is 1. The van der Waals surface area contributed by atoms with Crippen molar-refractivity contribution >= 4 is 28.9 Å². The van der Waals surface area contributed by atoms with Crippen LogP contribution in [0.2, 0.25) is 10.3 Å². The van der Waals surface area contributed by atoms with Crippen LogP contribution in [0.25, 0.3) is 0 Å². The lowest BCUT2D eigenvalue weighted by molar-refractivity contribution is -0.274. The molecule has 118 valence electrons. The number of halogens is 5. The molecule has 0 saturated carbocycles. The molecule has 0 bridgehead atoms. The molecule has 0 spiro atoms. The van der Waals surface area contributed by atoms with E-state index in [1.165, 1.54) is 18.2 Å². The van der Waals surface area contributed by atoms with Gasteiger partial charge in [0, 0.05) is 12.1 Å². The molecule has 2 rings (SSSR count). The summed E-state index contributed by atoms with van der Waals surface area (Å²) in [5.74, 6) is 0.0872. The Balaban J connectivity index is 2.19. The molecule has 1 aromatic heterocycles. The molecule has 1 heterocycles. The van der Waals surface area contributed by atoms with Gasteiger partial charge in [-0.2, -0.15) is 0 Å². The molecule has 0 aliphatic carbocycles. The SMILES string of the molecule is Cc1nc(Cl)c(NCc2ccccc2OC(F)(F)F)c(Cl)n1. The monoisotopic (exact) mass is 351 g/mol. The Morgan fingerprint density at radius 2 is 1.73 bits per heavy atom. The van der Waals surface area contributed by atoms with Crippen LogP contribution in [0.3, 0.4) is 0 Å². The number of alkyl halides is 3. The summed E-state index contributed by atoms with van der Waals surface area (Å²) in [5.41, 5.74) is 0.531. The van der Waals surface area contributed by atoms with Crippen molar-refractivity contribution in [2.24, 2.45) is 0 Å². The first-order chi connectivity index (χ1) is 10.3. The molecule has 0 aliphatic heterocycles. The van der Waals surface area contributed by atoms with E-state index in [0.717, 1.165) is 0 Å². The molecule has 0 fully saturated rings. The predicted molar refractivity (Wildman–Crippen MR) is 77.2 cm³/mol. The van der Waals surface area contributed by atoms with Crippen LogP contribution in [-0.4, -0.2) is 16.3 Å². The molecule has 0 aliphatic rings. The minimum atomic E-state index is -4.77. The minimum absolute atomic E-state index is 0.0120. The third-order valence-corrected chi connectivity index (χ3v) is 3.13. The molecule has 9 heteroatoms. The number of hydrogen-bond donors (Lipinski definition) is 1. The number of aryl methyl sites for hydroxylation is 1. The number of aromatic nitrogens is 2. The highest BCUT2D eigenvalue weighted by molar-refractivity contribution is 6.37. The van der Waals surface area contributed by atoms with Gasteiger partial charge >= 0.3 is 6.36 Å². The molecule has 0 unspecified atom stereocenters. The summed E-state index contributed by atoms with van der Waals surface area (Å²) in [7, 11) is 0. The lowest BCUT2D eigenvalue weighted by Gasteiger charge is -2.15. The highest BCUT2D eigenvalue weighted by atomic mass is 35.5. The van der Waals surface area contributed by atoms with E-state index in [0.29, 0.717) is 5.82 Å². The fraction of sp³-hybridized carbons (Fsp3) is 0.231. The summed E-state index contributed by atoms with van der Waals surface area (Å²) in [6, 6.07) is 5.75. The summed E-state index contributed by atoms with van der Waals surface area (Å²) >= 11 is 11.9. The maximum absolute atomic E-state index is 12.4. The van der Waals surface area contributed by atoms with Gasteiger partial charge in [0.05, 0.1) is 0 Å². The number of anilines is 1. The normalized spacial score (nSPS) is 11.4. The van der Waals surface area contributed by atoms with Crippen molar-refractivity contribution in [3.05, 3.63) is 46.0 Å². The van der Waals surface area contributed by atoms with Crippen molar-refractivity contribution in [3.63, 3.8) is 0 Å². The van der Waals surface area contributed by atoms with Crippen LogP contribution in [0, 0.1) is 6.92 Å². The van der Waals surface area contributed by atoms with Gasteiger partial charge in [-0.15, -0.1) is 13.2 Å². The summed E-state index contributed by atoms with van der Waals surface area (Å²) < 4.78 is 41.0. The van der Waals surface area contributed by atoms with E-state index in [4.69, 9.17) is 23.2 Å². The Bertz CT molecular complexity index is 657. The van der Waals surface area contributed by atoms with Crippen LogP contribution in [-0.2, 0) is 6.54 Å². The number of rotatable bonds is 4. The van der Waals surface area contributed by atoms with Crippen LogP contribution >= 0.6 is 23.2 Å². The molecule has 2 aromatic rings. The van der Waals surface area contributed by atoms with Gasteiger partial charge in [0.15, 0.2) is 10.3 Å². The van der Waals surface area contributed by atoms with E-state index in [-0.39, 0.29) is 33.9 Å². The van der Waals surface area contributed by atoms with E-state index < -0.39 is 6.36 Å². The number of nitrogens with one attached hydrogen (secondary N) is 1. The average molecular weight is 352 g/mol. The molecule has 4 nitrogen and oxygen atoms in total. The van der Waals surface area contributed by atoms with Gasteiger partial charge in [-0.3, -0.25) is 0 Å². The molecule has 0 atom stereocenters. The lowest BCUT2D eigenvalue weighted by Crippen LogP contribution is -2.18. The maximum Gasteiger partial charge on any atom is 0.573 e. The maximum atomic E-state index is 12.4. The molecular formula is C13H10Cl2F3N3O. The van der Waals surface area contributed by atoms with Gasteiger partial charge < -0.3 is 10.1 Å². The summed E-state index contributed by atoms with van der Waals surface area (Å²) in [4.78, 5) is 7.85. The van der Waals surface area contributed by atoms with E-state index in [2.05, 4.69) is 20.0 Å². The van der Waals surface area contributed by atoms with Crippen molar-refractivity contribution in [2.75, 3.05) is 5.32 Å². The topological polar surface area (TPSA) is 47.0 Å². The van der Waals surface area contributed by atoms with Crippen molar-refractivity contribution in [1.82, 2.24) is 9.97 Å². The largest absolute Gasteiger partial charge is 0.573 e. The summed E-state index contributed by atoms with van der Waals surface area (Å²) in [6.07, 6.45) is -4.77. The molecular weight excluding hydrogens is 342 g/mol. The average Bonchev–Trinajstić information content (AvgIpc) is 2.37. The first kappa shape index (κ1) is 16.6. The summed E-state index contributed by atoms with van der Waals surface area (Å²) in [5, 5.41) is 2.99. The van der Waals surface area contributed by atoms with E-state index in [1.807, 2.05) is 0 Å². The van der Waals surface area contributed by atoms with Gasteiger partial charge in [-0.25, -0.2) is 9.97 Å². The van der Waals surface area contributed by atoms with E-state index in [1.54, 1.807) is 13.0 Å². The molecule has 0 saturated heterocycles. The van der Waals surface area contributed by atoms with Crippen molar-refractivity contribution in [1.29, 1.82) is 0 Å². The quantitative estimate of drug-likeness (QED) is 0.817. The Morgan fingerprint density at radius 1 is 1.14 bits per heavy atom. The first-order valence-electron chi connectivity index (χ1n) is 6.03. The van der Waals surface area contributed by atoms with Gasteiger partial charge in [-0.1, -0.05) is 41.4 Å². The number of nitrogens with zero attached hydrogens (tertiary/aromatic N) is 2. The third-order valence-electron chi connectivity index (χ3n) is 2.59. The second kappa shape index (κ2) is 6.58. The second-order valence-electron chi connectivity index (χ2n) is 4.24. The Hall–Kier alpha value is -1.73. The highest BCUT2D eigenvalue weighted by Gasteiger charge is 2.31. The van der Waals surface area contributed by atoms with Gasteiger partial charge in [0.1, 0.15) is 17.3 Å². The molecule has 0 amide bonds. The van der Waals surface area contributed by atoms with Gasteiger partial charge in [-0.05, 0) is 13.0 Å².